The van der Waals surface area contributed by atoms with Crippen LogP contribution in [-0.2, 0) is 6.42 Å². The van der Waals surface area contributed by atoms with E-state index in [1.54, 1.807) is 0 Å². The van der Waals surface area contributed by atoms with Gasteiger partial charge in [0.05, 0.1) is 4.88 Å². The highest BCUT2D eigenvalue weighted by atomic mass is 32.1. The van der Waals surface area contributed by atoms with Crippen molar-refractivity contribution < 1.29 is 4.79 Å². The lowest BCUT2D eigenvalue weighted by Crippen LogP contribution is -2.30. The number of amides is 1. The molecule has 1 aliphatic rings. The summed E-state index contributed by atoms with van der Waals surface area (Å²) in [6.45, 7) is 3.99. The first kappa shape index (κ1) is 12.6. The molecule has 1 atom stereocenters. The van der Waals surface area contributed by atoms with Gasteiger partial charge in [-0.3, -0.25) is 4.79 Å². The second-order valence-corrected chi connectivity index (χ2v) is 5.38. The monoisotopic (exact) mass is 252 g/mol. The van der Waals surface area contributed by atoms with Crippen LogP contribution in [0.4, 0.5) is 0 Å². The smallest absolute Gasteiger partial charge is 0.261 e. The molecule has 1 aromatic heterocycles. The van der Waals surface area contributed by atoms with Gasteiger partial charge in [-0.05, 0) is 49.2 Å². The molecular weight excluding hydrogens is 232 g/mol. The summed E-state index contributed by atoms with van der Waals surface area (Å²) in [5.41, 5.74) is 1.16. The number of hydrogen-bond acceptors (Lipinski definition) is 3. The summed E-state index contributed by atoms with van der Waals surface area (Å²) >= 11 is 1.54. The molecule has 2 heterocycles. The van der Waals surface area contributed by atoms with E-state index in [2.05, 4.69) is 17.6 Å². The van der Waals surface area contributed by atoms with Gasteiger partial charge in [-0.1, -0.05) is 6.92 Å². The summed E-state index contributed by atoms with van der Waals surface area (Å²) in [4.78, 5) is 12.8. The van der Waals surface area contributed by atoms with Crippen molar-refractivity contribution in [1.29, 1.82) is 0 Å². The Bertz CT molecular complexity index is 369. The normalized spacial score (nSPS) is 19.5. The Balaban J connectivity index is 1.77. The average Bonchev–Trinajstić information content (AvgIpc) is 2.99. The fourth-order valence-corrected chi connectivity index (χ4v) is 3.17. The van der Waals surface area contributed by atoms with Crippen LogP contribution in [-0.4, -0.2) is 25.0 Å². The third-order valence-electron chi connectivity index (χ3n) is 3.27. The van der Waals surface area contributed by atoms with Gasteiger partial charge in [-0.25, -0.2) is 0 Å². The minimum atomic E-state index is 0.0925. The van der Waals surface area contributed by atoms with Gasteiger partial charge in [0.2, 0.25) is 0 Å². The Morgan fingerprint density at radius 2 is 2.53 bits per heavy atom. The lowest BCUT2D eigenvalue weighted by Gasteiger charge is -2.10. The Hall–Kier alpha value is -0.870. The van der Waals surface area contributed by atoms with E-state index in [4.69, 9.17) is 0 Å². The van der Waals surface area contributed by atoms with E-state index in [9.17, 15) is 4.79 Å². The molecule has 0 saturated carbocycles. The predicted molar refractivity (Wildman–Crippen MR) is 71.7 cm³/mol. The molecule has 0 aliphatic carbocycles. The van der Waals surface area contributed by atoms with E-state index in [1.807, 2.05) is 11.4 Å². The van der Waals surface area contributed by atoms with Crippen LogP contribution >= 0.6 is 11.3 Å². The molecule has 0 radical (unpaired) electrons. The summed E-state index contributed by atoms with van der Waals surface area (Å²) < 4.78 is 0. The molecule has 1 amide bonds. The van der Waals surface area contributed by atoms with Crippen molar-refractivity contribution in [3.63, 3.8) is 0 Å². The van der Waals surface area contributed by atoms with E-state index >= 15 is 0 Å². The number of aryl methyl sites for hydroxylation is 1. The van der Waals surface area contributed by atoms with Crippen molar-refractivity contribution in [2.75, 3.05) is 13.1 Å². The summed E-state index contributed by atoms with van der Waals surface area (Å²) in [6, 6.07) is 2.64. The van der Waals surface area contributed by atoms with Crippen LogP contribution < -0.4 is 10.6 Å². The molecule has 1 aliphatic heterocycles. The zero-order chi connectivity index (χ0) is 12.1. The summed E-state index contributed by atoms with van der Waals surface area (Å²) in [6.07, 6.45) is 4.48. The van der Waals surface area contributed by atoms with Crippen molar-refractivity contribution in [3.05, 3.63) is 21.9 Å². The number of thiophene rings is 1. The Morgan fingerprint density at radius 3 is 3.24 bits per heavy atom. The van der Waals surface area contributed by atoms with Crippen LogP contribution in [0.2, 0.25) is 0 Å². The number of hydrogen-bond donors (Lipinski definition) is 2. The van der Waals surface area contributed by atoms with Crippen LogP contribution in [0.5, 0.6) is 0 Å². The topological polar surface area (TPSA) is 41.1 Å². The summed E-state index contributed by atoms with van der Waals surface area (Å²) in [7, 11) is 0. The predicted octanol–water partition coefficient (Wildman–Crippen LogP) is 2.18. The van der Waals surface area contributed by atoms with Crippen LogP contribution in [0.3, 0.4) is 0 Å². The number of carbonyl (C=O) groups is 1. The van der Waals surface area contributed by atoms with Gasteiger partial charge in [0.1, 0.15) is 0 Å². The van der Waals surface area contributed by atoms with Crippen molar-refractivity contribution in [2.24, 2.45) is 0 Å². The standard InChI is InChI=1S/C13H20N2OS/c1-2-10-6-9-17-12(10)13(16)15-8-5-11-4-3-7-14-11/h6,9,11,14H,2-5,7-8H2,1H3,(H,15,16)/t11-/m0/s1. The van der Waals surface area contributed by atoms with E-state index < -0.39 is 0 Å². The van der Waals surface area contributed by atoms with Gasteiger partial charge in [0.15, 0.2) is 0 Å². The van der Waals surface area contributed by atoms with Crippen LogP contribution in [0.1, 0.15) is 41.4 Å². The van der Waals surface area contributed by atoms with Crippen LogP contribution in [0.25, 0.3) is 0 Å². The van der Waals surface area contributed by atoms with Crippen molar-refractivity contribution in [2.45, 2.75) is 38.6 Å². The molecule has 0 aromatic carbocycles. The molecule has 0 unspecified atom stereocenters. The molecule has 94 valence electrons. The highest BCUT2D eigenvalue weighted by Crippen LogP contribution is 2.17. The van der Waals surface area contributed by atoms with E-state index in [0.29, 0.717) is 6.04 Å². The largest absolute Gasteiger partial charge is 0.351 e. The molecule has 1 saturated heterocycles. The van der Waals surface area contributed by atoms with E-state index in [0.717, 1.165) is 36.4 Å². The van der Waals surface area contributed by atoms with Crippen molar-refractivity contribution in [1.82, 2.24) is 10.6 Å². The molecular formula is C13H20N2OS. The summed E-state index contributed by atoms with van der Waals surface area (Å²) in [5.74, 6) is 0.0925. The molecule has 2 N–H and O–H groups in total. The fourth-order valence-electron chi connectivity index (χ4n) is 2.26. The SMILES string of the molecule is CCc1ccsc1C(=O)NCC[C@@H]1CCCN1. The zero-order valence-electron chi connectivity index (χ0n) is 10.3. The first-order valence-electron chi connectivity index (χ1n) is 6.39. The number of rotatable bonds is 5. The van der Waals surface area contributed by atoms with Gasteiger partial charge in [0.25, 0.3) is 5.91 Å². The maximum absolute atomic E-state index is 11.9. The van der Waals surface area contributed by atoms with Gasteiger partial charge in [0, 0.05) is 12.6 Å². The molecule has 1 fully saturated rings. The Morgan fingerprint density at radius 1 is 1.65 bits per heavy atom. The first-order chi connectivity index (χ1) is 8.31. The van der Waals surface area contributed by atoms with Gasteiger partial charge in [-0.15, -0.1) is 11.3 Å². The Labute approximate surface area is 107 Å². The highest BCUT2D eigenvalue weighted by Gasteiger charge is 2.15. The number of carbonyl (C=O) groups excluding carboxylic acids is 1. The maximum Gasteiger partial charge on any atom is 0.261 e. The lowest BCUT2D eigenvalue weighted by molar-refractivity contribution is 0.0955. The minimum Gasteiger partial charge on any atom is -0.351 e. The molecule has 0 bridgehead atoms. The highest BCUT2D eigenvalue weighted by molar-refractivity contribution is 7.12. The molecule has 0 spiro atoms. The fraction of sp³-hybridized carbons (Fsp3) is 0.615. The van der Waals surface area contributed by atoms with Crippen LogP contribution in [0.15, 0.2) is 11.4 Å². The third kappa shape index (κ3) is 3.30. The zero-order valence-corrected chi connectivity index (χ0v) is 11.1. The second-order valence-electron chi connectivity index (χ2n) is 4.47. The molecule has 17 heavy (non-hydrogen) atoms. The van der Waals surface area contributed by atoms with Crippen molar-refractivity contribution >= 4 is 17.2 Å². The molecule has 3 nitrogen and oxygen atoms in total. The summed E-state index contributed by atoms with van der Waals surface area (Å²) in [5, 5.41) is 8.45. The van der Waals surface area contributed by atoms with E-state index in [-0.39, 0.29) is 5.91 Å². The maximum atomic E-state index is 11.9. The van der Waals surface area contributed by atoms with E-state index in [1.165, 1.54) is 24.2 Å². The van der Waals surface area contributed by atoms with Crippen LogP contribution in [0, 0.1) is 0 Å². The minimum absolute atomic E-state index is 0.0925. The molecule has 4 heteroatoms. The first-order valence-corrected chi connectivity index (χ1v) is 7.27. The quantitative estimate of drug-likeness (QED) is 0.843. The second kappa shape index (κ2) is 6.17. The average molecular weight is 252 g/mol. The van der Waals surface area contributed by atoms with Gasteiger partial charge < -0.3 is 10.6 Å². The Kier molecular flexibility index (Phi) is 4.57. The molecule has 2 rings (SSSR count). The third-order valence-corrected chi connectivity index (χ3v) is 4.23. The van der Waals surface area contributed by atoms with Gasteiger partial charge >= 0.3 is 0 Å². The number of nitrogens with one attached hydrogen (secondary N) is 2. The van der Waals surface area contributed by atoms with Crippen molar-refractivity contribution in [3.8, 4) is 0 Å². The van der Waals surface area contributed by atoms with Gasteiger partial charge in [-0.2, -0.15) is 0 Å². The lowest BCUT2D eigenvalue weighted by atomic mass is 10.1. The molecule has 1 aromatic rings.